The molecule has 0 aliphatic rings. The number of carbonyl (C=O) groups excluding carboxylic acids is 1. The van der Waals surface area contributed by atoms with Crippen LogP contribution in [0.25, 0.3) is 0 Å². The van der Waals surface area contributed by atoms with Gasteiger partial charge in [0.1, 0.15) is 18.9 Å². The van der Waals surface area contributed by atoms with Gasteiger partial charge < -0.3 is 10.1 Å². The van der Waals surface area contributed by atoms with Gasteiger partial charge in [0.15, 0.2) is 5.82 Å². The minimum Gasteiger partial charge on any atom is -0.492 e. The number of benzene rings is 1. The first kappa shape index (κ1) is 15.9. The van der Waals surface area contributed by atoms with Crippen LogP contribution in [0, 0.1) is 0 Å². The van der Waals surface area contributed by atoms with Gasteiger partial charge in [-0.3, -0.25) is 4.79 Å². The van der Waals surface area contributed by atoms with Crippen LogP contribution in [0.4, 0.5) is 0 Å². The second-order valence-electron chi connectivity index (χ2n) is 5.92. The number of tetrazole rings is 1. The summed E-state index contributed by atoms with van der Waals surface area (Å²) in [6.45, 7) is 6.95. The minimum atomic E-state index is -0.208. The lowest BCUT2D eigenvalue weighted by molar-refractivity contribution is -0.122. The van der Waals surface area contributed by atoms with Crippen LogP contribution in [0.2, 0.25) is 0 Å². The summed E-state index contributed by atoms with van der Waals surface area (Å²) in [6, 6.07) is 9.48. The third-order valence-electron chi connectivity index (χ3n) is 2.93. The van der Waals surface area contributed by atoms with Crippen molar-refractivity contribution < 1.29 is 9.53 Å². The summed E-state index contributed by atoms with van der Waals surface area (Å²) in [7, 11) is 0. The number of para-hydroxylation sites is 1. The maximum atomic E-state index is 11.9. The number of nitrogens with one attached hydrogen (secondary N) is 1. The van der Waals surface area contributed by atoms with E-state index in [1.807, 2.05) is 51.1 Å². The van der Waals surface area contributed by atoms with E-state index in [0.29, 0.717) is 19.0 Å². The van der Waals surface area contributed by atoms with Crippen LogP contribution in [0.1, 0.15) is 26.6 Å². The first-order chi connectivity index (χ1) is 10.5. The Morgan fingerprint density at radius 1 is 1.27 bits per heavy atom. The summed E-state index contributed by atoms with van der Waals surface area (Å²) in [5.74, 6) is 1.32. The zero-order chi connectivity index (χ0) is 16.0. The van der Waals surface area contributed by atoms with Gasteiger partial charge in [-0.15, -0.1) is 5.10 Å². The lowest BCUT2D eigenvalue weighted by Gasteiger charge is -2.16. The smallest absolute Gasteiger partial charge is 0.242 e. The topological polar surface area (TPSA) is 81.9 Å². The summed E-state index contributed by atoms with van der Waals surface area (Å²) in [4.78, 5) is 11.9. The van der Waals surface area contributed by atoms with Crippen molar-refractivity contribution in [2.45, 2.75) is 32.7 Å². The van der Waals surface area contributed by atoms with Gasteiger partial charge >= 0.3 is 0 Å². The van der Waals surface area contributed by atoms with E-state index in [4.69, 9.17) is 4.74 Å². The molecule has 0 spiro atoms. The highest BCUT2D eigenvalue weighted by Gasteiger charge is 2.22. The molecule has 118 valence electrons. The molecule has 0 radical (unpaired) electrons. The van der Waals surface area contributed by atoms with Crippen molar-refractivity contribution in [1.82, 2.24) is 25.5 Å². The van der Waals surface area contributed by atoms with E-state index in [-0.39, 0.29) is 17.9 Å². The fraction of sp³-hybridized carbons (Fsp3) is 0.467. The second kappa shape index (κ2) is 7.02. The van der Waals surface area contributed by atoms with E-state index in [2.05, 4.69) is 20.8 Å². The second-order valence-corrected chi connectivity index (χ2v) is 5.92. The quantitative estimate of drug-likeness (QED) is 0.810. The molecular formula is C15H21N5O2. The number of rotatable bonds is 6. The number of amides is 1. The fourth-order valence-electron chi connectivity index (χ4n) is 1.92. The Bertz CT molecular complexity index is 604. The van der Waals surface area contributed by atoms with Gasteiger partial charge in [-0.25, -0.2) is 4.68 Å². The van der Waals surface area contributed by atoms with E-state index in [0.717, 1.165) is 5.75 Å². The van der Waals surface area contributed by atoms with Crippen molar-refractivity contribution in [2.24, 2.45) is 0 Å². The van der Waals surface area contributed by atoms with E-state index < -0.39 is 0 Å². The van der Waals surface area contributed by atoms with Crippen LogP contribution in [-0.2, 0) is 16.8 Å². The van der Waals surface area contributed by atoms with Crippen LogP contribution >= 0.6 is 0 Å². The average molecular weight is 303 g/mol. The number of nitrogens with zero attached hydrogens (tertiary/aromatic N) is 4. The predicted octanol–water partition coefficient (Wildman–Crippen LogP) is 1.17. The molecule has 2 rings (SSSR count). The standard InChI is InChI=1S/C15H21N5O2/c1-15(2,3)14-17-18-19-20(14)11-13(21)16-9-10-22-12-7-5-4-6-8-12/h4-8H,9-11H2,1-3H3,(H,16,21). The van der Waals surface area contributed by atoms with Gasteiger partial charge in [0, 0.05) is 5.41 Å². The number of ether oxygens (including phenoxy) is 1. The number of hydrogen-bond donors (Lipinski definition) is 1. The fourth-order valence-corrected chi connectivity index (χ4v) is 1.92. The van der Waals surface area contributed by atoms with Crippen LogP contribution in [0.5, 0.6) is 5.75 Å². The zero-order valence-corrected chi connectivity index (χ0v) is 13.1. The van der Waals surface area contributed by atoms with Crippen molar-refractivity contribution in [2.75, 3.05) is 13.2 Å². The summed E-state index contributed by atoms with van der Waals surface area (Å²) >= 11 is 0. The van der Waals surface area contributed by atoms with Gasteiger partial charge in [0.05, 0.1) is 6.54 Å². The molecule has 0 saturated carbocycles. The molecule has 1 heterocycles. The molecule has 0 atom stereocenters. The maximum absolute atomic E-state index is 11.9. The molecule has 0 fully saturated rings. The Balaban J connectivity index is 1.76. The molecule has 7 heteroatoms. The van der Waals surface area contributed by atoms with Gasteiger partial charge in [-0.2, -0.15) is 0 Å². The van der Waals surface area contributed by atoms with Crippen molar-refractivity contribution in [1.29, 1.82) is 0 Å². The maximum Gasteiger partial charge on any atom is 0.242 e. The first-order valence-electron chi connectivity index (χ1n) is 7.18. The molecule has 1 amide bonds. The van der Waals surface area contributed by atoms with Crippen LogP contribution < -0.4 is 10.1 Å². The first-order valence-corrected chi connectivity index (χ1v) is 7.18. The third kappa shape index (κ3) is 4.54. The molecular weight excluding hydrogens is 282 g/mol. The normalized spacial score (nSPS) is 11.2. The van der Waals surface area contributed by atoms with Crippen LogP contribution in [-0.4, -0.2) is 39.3 Å². The van der Waals surface area contributed by atoms with Gasteiger partial charge in [0.2, 0.25) is 5.91 Å². The molecule has 1 aromatic carbocycles. The zero-order valence-electron chi connectivity index (χ0n) is 13.1. The monoisotopic (exact) mass is 303 g/mol. The molecule has 22 heavy (non-hydrogen) atoms. The summed E-state index contributed by atoms with van der Waals surface area (Å²) in [5.41, 5.74) is -0.208. The van der Waals surface area contributed by atoms with Crippen molar-refractivity contribution in [3.63, 3.8) is 0 Å². The third-order valence-corrected chi connectivity index (χ3v) is 2.93. The molecule has 0 saturated heterocycles. The Kier molecular flexibility index (Phi) is 5.08. The van der Waals surface area contributed by atoms with Crippen LogP contribution in [0.15, 0.2) is 30.3 Å². The largest absolute Gasteiger partial charge is 0.492 e. The Labute approximate surface area is 129 Å². The molecule has 0 aliphatic heterocycles. The predicted molar refractivity (Wildman–Crippen MR) is 81.5 cm³/mol. The Hall–Kier alpha value is -2.44. The SMILES string of the molecule is CC(C)(C)c1nnnn1CC(=O)NCCOc1ccccc1. The van der Waals surface area contributed by atoms with E-state index in [1.54, 1.807) is 0 Å². The van der Waals surface area contributed by atoms with Gasteiger partial charge in [-0.05, 0) is 22.6 Å². The summed E-state index contributed by atoms with van der Waals surface area (Å²) in [6.07, 6.45) is 0. The molecule has 1 aromatic heterocycles. The van der Waals surface area contributed by atoms with E-state index >= 15 is 0 Å². The highest BCUT2D eigenvalue weighted by Crippen LogP contribution is 2.18. The minimum absolute atomic E-state index is 0.102. The number of carbonyl (C=O) groups is 1. The van der Waals surface area contributed by atoms with Crippen molar-refractivity contribution in [3.05, 3.63) is 36.2 Å². The summed E-state index contributed by atoms with van der Waals surface area (Å²) < 4.78 is 7.03. The number of hydrogen-bond acceptors (Lipinski definition) is 5. The van der Waals surface area contributed by atoms with E-state index in [1.165, 1.54) is 4.68 Å². The van der Waals surface area contributed by atoms with Crippen molar-refractivity contribution >= 4 is 5.91 Å². The van der Waals surface area contributed by atoms with E-state index in [9.17, 15) is 4.79 Å². The molecule has 7 nitrogen and oxygen atoms in total. The molecule has 0 unspecified atom stereocenters. The molecule has 1 N–H and O–H groups in total. The Morgan fingerprint density at radius 3 is 2.68 bits per heavy atom. The number of aromatic nitrogens is 4. The Morgan fingerprint density at radius 2 is 2.00 bits per heavy atom. The lowest BCUT2D eigenvalue weighted by Crippen LogP contribution is -2.33. The summed E-state index contributed by atoms with van der Waals surface area (Å²) in [5, 5.41) is 14.3. The highest BCUT2D eigenvalue weighted by atomic mass is 16.5. The molecule has 0 aliphatic carbocycles. The highest BCUT2D eigenvalue weighted by molar-refractivity contribution is 5.75. The average Bonchev–Trinajstić information content (AvgIpc) is 2.93. The lowest BCUT2D eigenvalue weighted by atomic mass is 9.96. The van der Waals surface area contributed by atoms with Crippen LogP contribution in [0.3, 0.4) is 0 Å². The van der Waals surface area contributed by atoms with Gasteiger partial charge in [0.25, 0.3) is 0 Å². The molecule has 0 bridgehead atoms. The van der Waals surface area contributed by atoms with Crippen molar-refractivity contribution in [3.8, 4) is 5.75 Å². The van der Waals surface area contributed by atoms with Gasteiger partial charge in [-0.1, -0.05) is 39.0 Å². The molecule has 2 aromatic rings.